The van der Waals surface area contributed by atoms with Crippen LogP contribution >= 0.6 is 23.2 Å². The van der Waals surface area contributed by atoms with E-state index in [4.69, 9.17) is 28.9 Å². The predicted molar refractivity (Wildman–Crippen MR) is 103 cm³/mol. The monoisotopic (exact) mass is 377 g/mol. The van der Waals surface area contributed by atoms with Gasteiger partial charge in [0.15, 0.2) is 0 Å². The van der Waals surface area contributed by atoms with Crippen molar-refractivity contribution >= 4 is 34.8 Å². The molecule has 1 saturated heterocycles. The zero-order valence-electron chi connectivity index (χ0n) is 14.1. The molecule has 1 atom stereocenters. The van der Waals surface area contributed by atoms with Gasteiger partial charge in [-0.1, -0.05) is 41.4 Å². The van der Waals surface area contributed by atoms with Gasteiger partial charge in [-0.2, -0.15) is 0 Å². The van der Waals surface area contributed by atoms with Gasteiger partial charge in [0.2, 0.25) is 5.91 Å². The van der Waals surface area contributed by atoms with Crippen molar-refractivity contribution in [3.63, 3.8) is 0 Å². The number of nitrogens with two attached hydrogens (primary N) is 1. The number of amides is 1. The number of nitrogens with zero attached hydrogens (tertiary/aromatic N) is 2. The molecular weight excluding hydrogens is 357 g/mol. The number of rotatable bonds is 3. The summed E-state index contributed by atoms with van der Waals surface area (Å²) in [5.41, 5.74) is 8.74. The number of hydrogen-bond acceptors (Lipinski definition) is 3. The summed E-state index contributed by atoms with van der Waals surface area (Å²) in [7, 11) is 0. The summed E-state index contributed by atoms with van der Waals surface area (Å²) < 4.78 is 0. The minimum absolute atomic E-state index is 0.00160. The van der Waals surface area contributed by atoms with Crippen LogP contribution in [0.3, 0.4) is 0 Å². The molecule has 2 aromatic carbocycles. The fourth-order valence-electron chi connectivity index (χ4n) is 3.24. The Kier molecular flexibility index (Phi) is 5.52. The maximum Gasteiger partial charge on any atom is 0.236 e. The molecule has 0 aliphatic carbocycles. The first kappa shape index (κ1) is 18.1. The number of anilines is 1. The minimum Gasteiger partial charge on any atom is -0.360 e. The second-order valence-corrected chi connectivity index (χ2v) is 7.10. The van der Waals surface area contributed by atoms with Crippen molar-refractivity contribution in [3.05, 3.63) is 63.6 Å². The summed E-state index contributed by atoms with van der Waals surface area (Å²) in [5.74, 6) is -0.0337. The Morgan fingerprint density at radius 3 is 2.52 bits per heavy atom. The van der Waals surface area contributed by atoms with E-state index in [0.717, 1.165) is 21.8 Å². The van der Waals surface area contributed by atoms with Crippen molar-refractivity contribution in [2.75, 3.05) is 31.1 Å². The third kappa shape index (κ3) is 3.92. The number of carbonyl (C=O) groups excluding carboxylic acids is 1. The van der Waals surface area contributed by atoms with E-state index in [2.05, 4.69) is 11.0 Å². The summed E-state index contributed by atoms with van der Waals surface area (Å²) in [6.45, 7) is 3.94. The van der Waals surface area contributed by atoms with Crippen LogP contribution in [0.15, 0.2) is 42.5 Å². The smallest absolute Gasteiger partial charge is 0.236 e. The van der Waals surface area contributed by atoms with Crippen LogP contribution in [0.1, 0.15) is 17.2 Å². The maximum absolute atomic E-state index is 12.1. The largest absolute Gasteiger partial charge is 0.360 e. The quantitative estimate of drug-likeness (QED) is 0.887. The van der Waals surface area contributed by atoms with Gasteiger partial charge in [-0.05, 0) is 42.3 Å². The molecule has 0 bridgehead atoms. The van der Waals surface area contributed by atoms with Crippen molar-refractivity contribution in [2.24, 2.45) is 5.73 Å². The average molecular weight is 378 g/mol. The van der Waals surface area contributed by atoms with Gasteiger partial charge in [0, 0.05) is 24.7 Å². The molecule has 6 heteroatoms. The van der Waals surface area contributed by atoms with Gasteiger partial charge in [-0.15, -0.1) is 0 Å². The van der Waals surface area contributed by atoms with Crippen LogP contribution in [0.2, 0.25) is 10.0 Å². The van der Waals surface area contributed by atoms with Gasteiger partial charge >= 0.3 is 0 Å². The molecule has 2 N–H and O–H groups in total. The van der Waals surface area contributed by atoms with E-state index < -0.39 is 0 Å². The molecule has 1 aliphatic heterocycles. The fraction of sp³-hybridized carbons (Fsp3) is 0.316. The lowest BCUT2D eigenvalue weighted by atomic mass is 10.0. The van der Waals surface area contributed by atoms with Gasteiger partial charge in [-0.25, -0.2) is 0 Å². The van der Waals surface area contributed by atoms with Gasteiger partial charge < -0.3 is 15.5 Å². The van der Waals surface area contributed by atoms with Crippen LogP contribution in [0.25, 0.3) is 0 Å². The normalized spacial score (nSPS) is 17.7. The van der Waals surface area contributed by atoms with Crippen molar-refractivity contribution < 1.29 is 4.79 Å². The molecule has 1 aliphatic rings. The standard InChI is InChI=1S/C19H21Cl2N3O/c1-13-2-7-17(16(21)10-13)24-9-8-23(19(25)11-22)12-18(24)14-3-5-15(20)6-4-14/h2-7,10,18H,8-9,11-12,22H2,1H3/t18-/m0/s1. The summed E-state index contributed by atoms with van der Waals surface area (Å²) in [4.78, 5) is 16.2. The van der Waals surface area contributed by atoms with Crippen LogP contribution in [-0.2, 0) is 4.79 Å². The Morgan fingerprint density at radius 2 is 1.88 bits per heavy atom. The van der Waals surface area contributed by atoms with Gasteiger partial charge in [-0.3, -0.25) is 4.79 Å². The van der Waals surface area contributed by atoms with Crippen LogP contribution in [0, 0.1) is 6.92 Å². The third-order valence-corrected chi connectivity index (χ3v) is 5.13. The first-order chi connectivity index (χ1) is 12.0. The molecule has 2 aromatic rings. The van der Waals surface area contributed by atoms with Crippen molar-refractivity contribution in [1.82, 2.24) is 4.90 Å². The van der Waals surface area contributed by atoms with E-state index in [1.54, 1.807) is 0 Å². The number of benzene rings is 2. The molecule has 4 nitrogen and oxygen atoms in total. The number of hydrogen-bond donors (Lipinski definition) is 1. The lowest BCUT2D eigenvalue weighted by molar-refractivity contribution is -0.130. The highest BCUT2D eigenvalue weighted by Crippen LogP contribution is 2.36. The number of halogens is 2. The summed E-state index contributed by atoms with van der Waals surface area (Å²) >= 11 is 12.5. The third-order valence-electron chi connectivity index (χ3n) is 4.58. The van der Waals surface area contributed by atoms with E-state index in [9.17, 15) is 4.79 Å². The lowest BCUT2D eigenvalue weighted by Gasteiger charge is -2.43. The Balaban J connectivity index is 1.97. The lowest BCUT2D eigenvalue weighted by Crippen LogP contribution is -2.52. The van der Waals surface area contributed by atoms with E-state index in [1.807, 2.05) is 48.2 Å². The highest BCUT2D eigenvalue weighted by atomic mass is 35.5. The number of piperazine rings is 1. The maximum atomic E-state index is 12.1. The summed E-state index contributed by atoms with van der Waals surface area (Å²) in [6.07, 6.45) is 0. The van der Waals surface area contributed by atoms with Crippen LogP contribution < -0.4 is 10.6 Å². The predicted octanol–water partition coefficient (Wildman–Crippen LogP) is 3.65. The first-order valence-corrected chi connectivity index (χ1v) is 9.01. The number of aryl methyl sites for hydroxylation is 1. The zero-order chi connectivity index (χ0) is 18.0. The summed E-state index contributed by atoms with van der Waals surface area (Å²) in [6, 6.07) is 13.8. The molecule has 0 unspecified atom stereocenters. The molecule has 0 spiro atoms. The first-order valence-electron chi connectivity index (χ1n) is 8.25. The molecule has 0 saturated carbocycles. The van der Waals surface area contributed by atoms with E-state index in [1.165, 1.54) is 0 Å². The van der Waals surface area contributed by atoms with Gasteiger partial charge in [0.25, 0.3) is 0 Å². The van der Waals surface area contributed by atoms with Crippen LogP contribution in [-0.4, -0.2) is 37.0 Å². The second-order valence-electron chi connectivity index (χ2n) is 6.26. The van der Waals surface area contributed by atoms with Crippen molar-refractivity contribution in [2.45, 2.75) is 13.0 Å². The van der Waals surface area contributed by atoms with Crippen LogP contribution in [0.5, 0.6) is 0 Å². The highest BCUT2D eigenvalue weighted by molar-refractivity contribution is 6.33. The summed E-state index contributed by atoms with van der Waals surface area (Å²) in [5, 5.41) is 1.41. The Labute approximate surface area is 158 Å². The fourth-order valence-corrected chi connectivity index (χ4v) is 3.71. The SMILES string of the molecule is Cc1ccc(N2CCN(C(=O)CN)C[C@H]2c2ccc(Cl)cc2)c(Cl)c1. The molecule has 0 radical (unpaired) electrons. The second kappa shape index (κ2) is 7.65. The average Bonchev–Trinajstić information content (AvgIpc) is 2.61. The molecule has 1 amide bonds. The molecule has 25 heavy (non-hydrogen) atoms. The van der Waals surface area contributed by atoms with E-state index in [0.29, 0.717) is 24.7 Å². The van der Waals surface area contributed by atoms with Crippen LogP contribution in [0.4, 0.5) is 5.69 Å². The molecule has 1 fully saturated rings. The number of carbonyl (C=O) groups is 1. The Hall–Kier alpha value is -1.75. The Morgan fingerprint density at radius 1 is 1.16 bits per heavy atom. The van der Waals surface area contributed by atoms with Gasteiger partial charge in [0.1, 0.15) is 0 Å². The van der Waals surface area contributed by atoms with Crippen molar-refractivity contribution in [1.29, 1.82) is 0 Å². The minimum atomic E-state index is -0.0337. The van der Waals surface area contributed by atoms with Gasteiger partial charge in [0.05, 0.1) is 23.3 Å². The molecule has 0 aromatic heterocycles. The molecular formula is C19H21Cl2N3O. The van der Waals surface area contributed by atoms with Crippen molar-refractivity contribution in [3.8, 4) is 0 Å². The van der Waals surface area contributed by atoms with E-state index >= 15 is 0 Å². The molecule has 1 heterocycles. The molecule has 132 valence electrons. The Bertz CT molecular complexity index is 764. The highest BCUT2D eigenvalue weighted by Gasteiger charge is 2.31. The topological polar surface area (TPSA) is 49.6 Å². The van der Waals surface area contributed by atoms with E-state index in [-0.39, 0.29) is 18.5 Å². The zero-order valence-corrected chi connectivity index (χ0v) is 15.6. The molecule has 3 rings (SSSR count).